The largest absolute Gasteiger partial charge is 0.294 e. The summed E-state index contributed by atoms with van der Waals surface area (Å²) >= 11 is 0. The molecular weight excluding hydrogens is 158 g/mol. The molecule has 1 aromatic rings. The summed E-state index contributed by atoms with van der Waals surface area (Å²) in [6.07, 6.45) is 2.43. The van der Waals surface area contributed by atoms with Crippen LogP contribution in [0.5, 0.6) is 0 Å². The van der Waals surface area contributed by atoms with E-state index < -0.39 is 0 Å². The second-order valence-corrected chi connectivity index (χ2v) is 3.72. The minimum atomic E-state index is 0.657. The first kappa shape index (κ1) is 8.49. The van der Waals surface area contributed by atoms with Gasteiger partial charge in [-0.3, -0.25) is 4.99 Å². The molecule has 0 saturated carbocycles. The number of aliphatic imine (C=N–C) groups is 1. The number of hydrogen-bond acceptors (Lipinski definition) is 1. The molecule has 68 valence electrons. The Morgan fingerprint density at radius 1 is 1.23 bits per heavy atom. The van der Waals surface area contributed by atoms with Crippen molar-refractivity contribution in [3.63, 3.8) is 0 Å². The average molecular weight is 173 g/mol. The summed E-state index contributed by atoms with van der Waals surface area (Å²) in [5, 5.41) is 0. The summed E-state index contributed by atoms with van der Waals surface area (Å²) in [6, 6.07) is 10.7. The zero-order valence-corrected chi connectivity index (χ0v) is 8.03. The molecule has 0 amide bonds. The fraction of sp³-hybridized carbons (Fsp3) is 0.417. The van der Waals surface area contributed by atoms with Crippen LogP contribution in [0.1, 0.15) is 31.2 Å². The SMILES string of the molecule is CC1=NCC(c2ccccc2)CC1. The van der Waals surface area contributed by atoms with Gasteiger partial charge >= 0.3 is 0 Å². The van der Waals surface area contributed by atoms with Crippen LogP contribution in [0.15, 0.2) is 35.3 Å². The van der Waals surface area contributed by atoms with Gasteiger partial charge in [-0.15, -0.1) is 0 Å². The van der Waals surface area contributed by atoms with Gasteiger partial charge in [0.1, 0.15) is 0 Å². The Balaban J connectivity index is 2.12. The molecule has 1 aliphatic heterocycles. The molecule has 13 heavy (non-hydrogen) atoms. The van der Waals surface area contributed by atoms with Gasteiger partial charge in [0.15, 0.2) is 0 Å². The first-order valence-corrected chi connectivity index (χ1v) is 4.91. The van der Waals surface area contributed by atoms with E-state index in [1.807, 2.05) is 0 Å². The molecule has 1 unspecified atom stereocenters. The summed E-state index contributed by atoms with van der Waals surface area (Å²) in [5.74, 6) is 0.657. The van der Waals surface area contributed by atoms with Crippen LogP contribution in [-0.4, -0.2) is 12.3 Å². The Hall–Kier alpha value is -1.11. The van der Waals surface area contributed by atoms with Gasteiger partial charge < -0.3 is 0 Å². The summed E-state index contributed by atoms with van der Waals surface area (Å²) < 4.78 is 0. The van der Waals surface area contributed by atoms with Gasteiger partial charge in [-0.25, -0.2) is 0 Å². The molecule has 1 heteroatoms. The number of benzene rings is 1. The molecule has 1 aromatic carbocycles. The Morgan fingerprint density at radius 2 is 2.00 bits per heavy atom. The van der Waals surface area contributed by atoms with Crippen molar-refractivity contribution >= 4 is 5.71 Å². The first-order chi connectivity index (χ1) is 6.36. The number of nitrogens with zero attached hydrogens (tertiary/aromatic N) is 1. The second kappa shape index (κ2) is 3.73. The van der Waals surface area contributed by atoms with Crippen molar-refractivity contribution in [2.24, 2.45) is 4.99 Å². The Labute approximate surface area is 79.5 Å². The molecule has 0 spiro atoms. The number of rotatable bonds is 1. The minimum Gasteiger partial charge on any atom is -0.294 e. The molecule has 0 bridgehead atoms. The zero-order chi connectivity index (χ0) is 9.10. The lowest BCUT2D eigenvalue weighted by molar-refractivity contribution is 0.625. The third kappa shape index (κ3) is 1.97. The van der Waals surface area contributed by atoms with Gasteiger partial charge in [0.25, 0.3) is 0 Å². The molecule has 0 radical (unpaired) electrons. The molecule has 1 nitrogen and oxygen atoms in total. The predicted molar refractivity (Wildman–Crippen MR) is 56.4 cm³/mol. The summed E-state index contributed by atoms with van der Waals surface area (Å²) in [4.78, 5) is 4.50. The lowest BCUT2D eigenvalue weighted by Gasteiger charge is -2.19. The fourth-order valence-corrected chi connectivity index (χ4v) is 1.82. The van der Waals surface area contributed by atoms with E-state index >= 15 is 0 Å². The predicted octanol–water partition coefficient (Wildman–Crippen LogP) is 3.02. The van der Waals surface area contributed by atoms with Crippen molar-refractivity contribution in [3.05, 3.63) is 35.9 Å². The molecule has 2 rings (SSSR count). The van der Waals surface area contributed by atoms with Gasteiger partial charge in [-0.05, 0) is 25.3 Å². The summed E-state index contributed by atoms with van der Waals surface area (Å²) in [5.41, 5.74) is 2.76. The van der Waals surface area contributed by atoms with E-state index in [1.165, 1.54) is 24.1 Å². The normalized spacial score (nSPS) is 22.5. The van der Waals surface area contributed by atoms with Gasteiger partial charge in [0.2, 0.25) is 0 Å². The van der Waals surface area contributed by atoms with Crippen LogP contribution in [0.3, 0.4) is 0 Å². The molecule has 1 atom stereocenters. The van der Waals surface area contributed by atoms with Crippen molar-refractivity contribution in [2.75, 3.05) is 6.54 Å². The van der Waals surface area contributed by atoms with Crippen LogP contribution in [0, 0.1) is 0 Å². The second-order valence-electron chi connectivity index (χ2n) is 3.72. The lowest BCUT2D eigenvalue weighted by Crippen LogP contribution is -2.12. The van der Waals surface area contributed by atoms with E-state index in [-0.39, 0.29) is 0 Å². The van der Waals surface area contributed by atoms with E-state index in [4.69, 9.17) is 0 Å². The summed E-state index contributed by atoms with van der Waals surface area (Å²) in [6.45, 7) is 3.11. The van der Waals surface area contributed by atoms with Gasteiger partial charge in [0, 0.05) is 18.2 Å². The third-order valence-electron chi connectivity index (χ3n) is 2.71. The van der Waals surface area contributed by atoms with Gasteiger partial charge in [-0.1, -0.05) is 30.3 Å². The maximum absolute atomic E-state index is 4.50. The standard InChI is InChI=1S/C12H15N/c1-10-7-8-12(9-13-10)11-5-3-2-4-6-11/h2-6,12H,7-9H2,1H3. The Kier molecular flexibility index (Phi) is 2.44. The molecule has 0 aliphatic carbocycles. The van der Waals surface area contributed by atoms with E-state index in [1.54, 1.807) is 0 Å². The van der Waals surface area contributed by atoms with Crippen molar-refractivity contribution in [2.45, 2.75) is 25.7 Å². The topological polar surface area (TPSA) is 12.4 Å². The molecule has 1 heterocycles. The molecule has 0 N–H and O–H groups in total. The van der Waals surface area contributed by atoms with Crippen LogP contribution in [0.4, 0.5) is 0 Å². The lowest BCUT2D eigenvalue weighted by atomic mass is 9.91. The first-order valence-electron chi connectivity index (χ1n) is 4.91. The molecule has 0 saturated heterocycles. The highest BCUT2D eigenvalue weighted by Gasteiger charge is 2.14. The highest BCUT2D eigenvalue weighted by Crippen LogP contribution is 2.24. The zero-order valence-electron chi connectivity index (χ0n) is 8.03. The average Bonchev–Trinajstić information content (AvgIpc) is 2.20. The van der Waals surface area contributed by atoms with Crippen LogP contribution in [0.2, 0.25) is 0 Å². The minimum absolute atomic E-state index is 0.657. The monoisotopic (exact) mass is 173 g/mol. The highest BCUT2D eigenvalue weighted by molar-refractivity contribution is 5.82. The van der Waals surface area contributed by atoms with Gasteiger partial charge in [0.05, 0.1) is 0 Å². The van der Waals surface area contributed by atoms with E-state index in [0.717, 1.165) is 6.54 Å². The third-order valence-corrected chi connectivity index (χ3v) is 2.71. The van der Waals surface area contributed by atoms with E-state index in [0.29, 0.717) is 5.92 Å². The van der Waals surface area contributed by atoms with Crippen LogP contribution in [0.25, 0.3) is 0 Å². The molecular formula is C12H15N. The van der Waals surface area contributed by atoms with Crippen molar-refractivity contribution in [3.8, 4) is 0 Å². The van der Waals surface area contributed by atoms with Crippen LogP contribution < -0.4 is 0 Å². The number of hydrogen-bond donors (Lipinski definition) is 0. The maximum atomic E-state index is 4.50. The van der Waals surface area contributed by atoms with Crippen LogP contribution in [-0.2, 0) is 0 Å². The maximum Gasteiger partial charge on any atom is 0.0457 e. The smallest absolute Gasteiger partial charge is 0.0457 e. The highest BCUT2D eigenvalue weighted by atomic mass is 14.8. The Morgan fingerprint density at radius 3 is 2.62 bits per heavy atom. The quantitative estimate of drug-likeness (QED) is 0.619. The van der Waals surface area contributed by atoms with Crippen molar-refractivity contribution in [1.82, 2.24) is 0 Å². The van der Waals surface area contributed by atoms with Crippen LogP contribution >= 0.6 is 0 Å². The van der Waals surface area contributed by atoms with E-state index in [2.05, 4.69) is 42.2 Å². The van der Waals surface area contributed by atoms with Crippen molar-refractivity contribution in [1.29, 1.82) is 0 Å². The fourth-order valence-electron chi connectivity index (χ4n) is 1.82. The van der Waals surface area contributed by atoms with Gasteiger partial charge in [-0.2, -0.15) is 0 Å². The molecule has 0 fully saturated rings. The Bertz CT molecular complexity index is 300. The van der Waals surface area contributed by atoms with Crippen molar-refractivity contribution < 1.29 is 0 Å². The molecule has 1 aliphatic rings. The summed E-state index contributed by atoms with van der Waals surface area (Å²) in [7, 11) is 0. The molecule has 0 aromatic heterocycles. The van der Waals surface area contributed by atoms with E-state index in [9.17, 15) is 0 Å².